The summed E-state index contributed by atoms with van der Waals surface area (Å²) < 4.78 is 2.39. The van der Waals surface area contributed by atoms with Crippen molar-refractivity contribution < 1.29 is 0 Å². The molecule has 4 nitrogen and oxygen atoms in total. The smallest absolute Gasteiger partial charge is 0.133 e. The van der Waals surface area contributed by atoms with Crippen LogP contribution in [0, 0.1) is 11.8 Å². The highest BCUT2D eigenvalue weighted by atomic mass is 15.3. The van der Waals surface area contributed by atoms with Gasteiger partial charge in [0.2, 0.25) is 0 Å². The van der Waals surface area contributed by atoms with Crippen molar-refractivity contribution in [3.8, 4) is 0 Å². The third-order valence-electron chi connectivity index (χ3n) is 5.79. The normalized spacial score (nSPS) is 29.1. The van der Waals surface area contributed by atoms with Gasteiger partial charge in [-0.2, -0.15) is 0 Å². The second-order valence-corrected chi connectivity index (χ2v) is 7.52. The standard InChI is InChI=1S/C18H32N4/c1-14-9-10-16(13-15(14)2)19-11-6-8-18-21-20-17-7-4-3-5-12-22(17)18/h14-16,19H,3-13H2,1-2H3. The average molecular weight is 304 g/mol. The van der Waals surface area contributed by atoms with Crippen LogP contribution in [0.2, 0.25) is 0 Å². The minimum atomic E-state index is 0.738. The number of rotatable bonds is 5. The maximum atomic E-state index is 4.43. The van der Waals surface area contributed by atoms with E-state index in [1.54, 1.807) is 0 Å². The van der Waals surface area contributed by atoms with Crippen LogP contribution in [-0.4, -0.2) is 27.4 Å². The molecule has 1 fully saturated rings. The Balaban J connectivity index is 1.41. The third kappa shape index (κ3) is 3.89. The van der Waals surface area contributed by atoms with Crippen molar-refractivity contribution in [2.24, 2.45) is 11.8 Å². The topological polar surface area (TPSA) is 42.7 Å². The van der Waals surface area contributed by atoms with Crippen molar-refractivity contribution >= 4 is 0 Å². The molecule has 0 bridgehead atoms. The molecule has 1 saturated carbocycles. The first kappa shape index (κ1) is 16.0. The Morgan fingerprint density at radius 2 is 2.00 bits per heavy atom. The maximum absolute atomic E-state index is 4.43. The van der Waals surface area contributed by atoms with Gasteiger partial charge in [-0.05, 0) is 56.9 Å². The minimum Gasteiger partial charge on any atom is -0.315 e. The zero-order chi connectivity index (χ0) is 15.4. The van der Waals surface area contributed by atoms with Crippen LogP contribution in [0.3, 0.4) is 0 Å². The first-order chi connectivity index (χ1) is 10.7. The summed E-state index contributed by atoms with van der Waals surface area (Å²) in [7, 11) is 0. The monoisotopic (exact) mass is 304 g/mol. The van der Waals surface area contributed by atoms with E-state index in [1.165, 1.54) is 56.6 Å². The van der Waals surface area contributed by atoms with E-state index >= 15 is 0 Å². The van der Waals surface area contributed by atoms with E-state index in [-0.39, 0.29) is 0 Å². The summed E-state index contributed by atoms with van der Waals surface area (Å²) in [5.41, 5.74) is 0. The van der Waals surface area contributed by atoms with Gasteiger partial charge in [-0.25, -0.2) is 0 Å². The molecule has 1 N–H and O–H groups in total. The molecular weight excluding hydrogens is 272 g/mol. The molecular formula is C18H32N4. The number of nitrogens with zero attached hydrogens (tertiary/aromatic N) is 3. The Hall–Kier alpha value is -0.900. The van der Waals surface area contributed by atoms with E-state index in [2.05, 4.69) is 33.9 Å². The van der Waals surface area contributed by atoms with Gasteiger partial charge >= 0.3 is 0 Å². The first-order valence-electron chi connectivity index (χ1n) is 9.38. The molecule has 0 amide bonds. The fourth-order valence-electron chi connectivity index (χ4n) is 4.02. The Morgan fingerprint density at radius 1 is 1.09 bits per heavy atom. The van der Waals surface area contributed by atoms with Crippen LogP contribution in [0.1, 0.15) is 70.4 Å². The highest BCUT2D eigenvalue weighted by Crippen LogP contribution is 2.29. The molecule has 4 heteroatoms. The highest BCUT2D eigenvalue weighted by molar-refractivity contribution is 4.98. The van der Waals surface area contributed by atoms with E-state index in [0.717, 1.165) is 43.8 Å². The van der Waals surface area contributed by atoms with Gasteiger partial charge in [-0.15, -0.1) is 10.2 Å². The lowest BCUT2D eigenvalue weighted by molar-refractivity contribution is 0.226. The summed E-state index contributed by atoms with van der Waals surface area (Å²) in [5.74, 6) is 4.21. The zero-order valence-corrected chi connectivity index (χ0v) is 14.4. The fourth-order valence-corrected chi connectivity index (χ4v) is 4.02. The number of hydrogen-bond acceptors (Lipinski definition) is 3. The molecule has 0 spiro atoms. The van der Waals surface area contributed by atoms with Crippen LogP contribution in [0.5, 0.6) is 0 Å². The van der Waals surface area contributed by atoms with Crippen molar-refractivity contribution in [3.05, 3.63) is 11.6 Å². The van der Waals surface area contributed by atoms with Crippen LogP contribution >= 0.6 is 0 Å². The molecule has 0 radical (unpaired) electrons. The van der Waals surface area contributed by atoms with E-state index in [9.17, 15) is 0 Å². The molecule has 1 aliphatic heterocycles. The molecule has 1 aromatic rings. The van der Waals surface area contributed by atoms with E-state index < -0.39 is 0 Å². The number of nitrogens with one attached hydrogen (secondary N) is 1. The molecule has 0 aromatic carbocycles. The van der Waals surface area contributed by atoms with Gasteiger partial charge in [0, 0.05) is 25.4 Å². The molecule has 2 aliphatic rings. The van der Waals surface area contributed by atoms with Crippen molar-refractivity contribution in [2.75, 3.05) is 6.54 Å². The Morgan fingerprint density at radius 3 is 2.86 bits per heavy atom. The Bertz CT molecular complexity index is 468. The van der Waals surface area contributed by atoms with Gasteiger partial charge in [0.05, 0.1) is 0 Å². The Kier molecular flexibility index (Phi) is 5.51. The van der Waals surface area contributed by atoms with Crippen molar-refractivity contribution in [1.82, 2.24) is 20.1 Å². The number of aryl methyl sites for hydroxylation is 2. The first-order valence-corrected chi connectivity index (χ1v) is 9.38. The molecule has 1 aliphatic carbocycles. The van der Waals surface area contributed by atoms with Gasteiger partial charge < -0.3 is 9.88 Å². The van der Waals surface area contributed by atoms with Crippen LogP contribution < -0.4 is 5.32 Å². The van der Waals surface area contributed by atoms with Crippen LogP contribution in [-0.2, 0) is 19.4 Å². The largest absolute Gasteiger partial charge is 0.315 e. The summed E-state index contributed by atoms with van der Waals surface area (Å²) >= 11 is 0. The SMILES string of the molecule is CC1CCC(NCCCc2nnc3n2CCCCC3)CC1C. The summed E-state index contributed by atoms with van der Waals surface area (Å²) in [4.78, 5) is 0. The van der Waals surface area contributed by atoms with Crippen molar-refractivity contribution in [2.45, 2.75) is 84.2 Å². The lowest BCUT2D eigenvalue weighted by Crippen LogP contribution is -2.36. The maximum Gasteiger partial charge on any atom is 0.133 e. The molecule has 3 unspecified atom stereocenters. The molecule has 0 saturated heterocycles. The molecule has 1 aromatic heterocycles. The van der Waals surface area contributed by atoms with Gasteiger partial charge in [0.1, 0.15) is 11.6 Å². The van der Waals surface area contributed by atoms with Gasteiger partial charge in [0.15, 0.2) is 0 Å². The highest BCUT2D eigenvalue weighted by Gasteiger charge is 2.23. The van der Waals surface area contributed by atoms with E-state index in [0.29, 0.717) is 0 Å². The lowest BCUT2D eigenvalue weighted by Gasteiger charge is -2.32. The van der Waals surface area contributed by atoms with E-state index in [4.69, 9.17) is 0 Å². The van der Waals surface area contributed by atoms with Crippen molar-refractivity contribution in [3.63, 3.8) is 0 Å². The van der Waals surface area contributed by atoms with Gasteiger partial charge in [-0.1, -0.05) is 20.3 Å². The zero-order valence-electron chi connectivity index (χ0n) is 14.4. The van der Waals surface area contributed by atoms with Crippen LogP contribution in [0.4, 0.5) is 0 Å². The molecule has 3 rings (SSSR count). The lowest BCUT2D eigenvalue weighted by atomic mass is 9.79. The minimum absolute atomic E-state index is 0.738. The Labute approximate surface area is 135 Å². The molecule has 22 heavy (non-hydrogen) atoms. The fraction of sp³-hybridized carbons (Fsp3) is 0.889. The number of aromatic nitrogens is 3. The predicted molar refractivity (Wildman–Crippen MR) is 89.9 cm³/mol. The summed E-state index contributed by atoms with van der Waals surface area (Å²) in [5, 5.41) is 12.6. The number of fused-ring (bicyclic) bond motifs is 1. The van der Waals surface area contributed by atoms with Crippen molar-refractivity contribution in [1.29, 1.82) is 0 Å². The number of hydrogen-bond donors (Lipinski definition) is 1. The van der Waals surface area contributed by atoms with Gasteiger partial charge in [-0.3, -0.25) is 0 Å². The summed E-state index contributed by atoms with van der Waals surface area (Å²) in [6.07, 6.45) is 11.3. The molecule has 3 atom stereocenters. The van der Waals surface area contributed by atoms with Gasteiger partial charge in [0.25, 0.3) is 0 Å². The predicted octanol–water partition coefficient (Wildman–Crippen LogP) is 3.35. The summed E-state index contributed by atoms with van der Waals surface area (Å²) in [6.45, 7) is 7.05. The third-order valence-corrected chi connectivity index (χ3v) is 5.79. The van der Waals surface area contributed by atoms with Crippen LogP contribution in [0.15, 0.2) is 0 Å². The average Bonchev–Trinajstić information content (AvgIpc) is 2.74. The second kappa shape index (κ2) is 7.58. The quantitative estimate of drug-likeness (QED) is 0.848. The summed E-state index contributed by atoms with van der Waals surface area (Å²) in [6, 6.07) is 0.738. The molecule has 124 valence electrons. The molecule has 2 heterocycles. The van der Waals surface area contributed by atoms with E-state index in [1.807, 2.05) is 0 Å². The van der Waals surface area contributed by atoms with Crippen LogP contribution in [0.25, 0.3) is 0 Å². The second-order valence-electron chi connectivity index (χ2n) is 7.52.